The van der Waals surface area contributed by atoms with E-state index in [0.29, 0.717) is 0 Å². The number of hydrogen-bond donors (Lipinski definition) is 1. The highest BCUT2D eigenvalue weighted by Crippen LogP contribution is 2.36. The molecule has 2 aromatic carbocycles. The van der Waals surface area contributed by atoms with E-state index in [2.05, 4.69) is 62.9 Å². The van der Waals surface area contributed by atoms with Crippen LogP contribution < -0.4 is 14.8 Å². The zero-order valence-corrected chi connectivity index (χ0v) is 18.4. The van der Waals surface area contributed by atoms with Crippen LogP contribution in [0.2, 0.25) is 0 Å². The molecule has 158 valence electrons. The molecule has 4 aromatic rings. The van der Waals surface area contributed by atoms with Crippen LogP contribution in [0.25, 0.3) is 21.3 Å². The van der Waals surface area contributed by atoms with Gasteiger partial charge >= 0.3 is 0 Å². The number of fused-ring (bicyclic) bond motifs is 1. The topological polar surface area (TPSA) is 59.5 Å². The Morgan fingerprint density at radius 2 is 2.06 bits per heavy atom. The summed E-state index contributed by atoms with van der Waals surface area (Å²) in [5, 5.41) is 6.53. The van der Waals surface area contributed by atoms with Gasteiger partial charge in [0.15, 0.2) is 0 Å². The maximum atomic E-state index is 6.41. The third-order valence-electron chi connectivity index (χ3n) is 5.52. The molecule has 31 heavy (non-hydrogen) atoms. The molecule has 0 radical (unpaired) electrons. The Morgan fingerprint density at radius 3 is 2.84 bits per heavy atom. The Morgan fingerprint density at radius 1 is 1.13 bits per heavy atom. The monoisotopic (exact) mass is 432 g/mol. The van der Waals surface area contributed by atoms with Crippen molar-refractivity contribution >= 4 is 33.7 Å². The molecular formula is C24H24N4O2S. The van der Waals surface area contributed by atoms with E-state index in [1.54, 1.807) is 24.8 Å². The number of hydrogen-bond acceptors (Lipinski definition) is 7. The zero-order valence-electron chi connectivity index (χ0n) is 17.5. The predicted octanol–water partition coefficient (Wildman–Crippen LogP) is 5.19. The lowest BCUT2D eigenvalue weighted by Gasteiger charge is -2.19. The molecule has 7 heteroatoms. The highest BCUT2D eigenvalue weighted by molar-refractivity contribution is 7.13. The van der Waals surface area contributed by atoms with E-state index in [-0.39, 0.29) is 6.10 Å². The van der Waals surface area contributed by atoms with Gasteiger partial charge in [0.25, 0.3) is 0 Å². The Hall–Kier alpha value is -3.16. The summed E-state index contributed by atoms with van der Waals surface area (Å²) in [6.07, 6.45) is 2.78. The number of anilines is 2. The Bertz CT molecular complexity index is 1200. The Labute approximate surface area is 185 Å². The van der Waals surface area contributed by atoms with Crippen molar-refractivity contribution in [3.05, 3.63) is 60.2 Å². The average molecular weight is 433 g/mol. The first kappa shape index (κ1) is 19.8. The number of nitrogens with one attached hydrogen (secondary N) is 1. The molecule has 0 amide bonds. The van der Waals surface area contributed by atoms with Gasteiger partial charge in [0.2, 0.25) is 0 Å². The first-order valence-electron chi connectivity index (χ1n) is 10.3. The van der Waals surface area contributed by atoms with Crippen molar-refractivity contribution in [3.8, 4) is 21.9 Å². The van der Waals surface area contributed by atoms with Crippen molar-refractivity contribution in [1.82, 2.24) is 14.9 Å². The molecule has 3 heterocycles. The number of benzene rings is 2. The SMILES string of the molecule is COc1ccc2c(Nc3cc(-c4cccs4)ccc3OC3CCN(C)C3)ncnc2c1. The van der Waals surface area contributed by atoms with Gasteiger partial charge < -0.3 is 19.7 Å². The number of aromatic nitrogens is 2. The van der Waals surface area contributed by atoms with Crippen molar-refractivity contribution < 1.29 is 9.47 Å². The normalized spacial score (nSPS) is 16.5. The second-order valence-electron chi connectivity index (χ2n) is 7.71. The lowest BCUT2D eigenvalue weighted by molar-refractivity contribution is 0.209. The molecule has 5 rings (SSSR count). The van der Waals surface area contributed by atoms with E-state index in [1.807, 2.05) is 18.2 Å². The van der Waals surface area contributed by atoms with Gasteiger partial charge in [0, 0.05) is 29.4 Å². The van der Waals surface area contributed by atoms with E-state index < -0.39 is 0 Å². The molecule has 2 aromatic heterocycles. The van der Waals surface area contributed by atoms with Crippen molar-refractivity contribution in [2.75, 3.05) is 32.6 Å². The summed E-state index contributed by atoms with van der Waals surface area (Å²) in [4.78, 5) is 12.4. The number of rotatable bonds is 6. The predicted molar refractivity (Wildman–Crippen MR) is 126 cm³/mol. The molecule has 0 aliphatic carbocycles. The number of likely N-dealkylation sites (tertiary alicyclic amines) is 1. The van der Waals surface area contributed by atoms with Gasteiger partial charge in [-0.3, -0.25) is 0 Å². The van der Waals surface area contributed by atoms with Gasteiger partial charge in [-0.05, 0) is 60.8 Å². The maximum absolute atomic E-state index is 6.41. The molecule has 1 saturated heterocycles. The fraction of sp³-hybridized carbons (Fsp3) is 0.250. The molecule has 0 bridgehead atoms. The van der Waals surface area contributed by atoms with Crippen LogP contribution in [0, 0.1) is 0 Å². The lowest BCUT2D eigenvalue weighted by Crippen LogP contribution is -2.21. The standard InChI is InChI=1S/C24H24N4O2S/c1-28-10-9-18(14-28)30-22-8-5-16(23-4-3-11-31-23)12-21(22)27-24-19-7-6-17(29-2)13-20(19)25-15-26-24/h3-8,11-13,15,18H,9-10,14H2,1-2H3,(H,25,26,27). The summed E-state index contributed by atoms with van der Waals surface area (Å²) < 4.78 is 11.7. The van der Waals surface area contributed by atoms with Crippen LogP contribution in [0.3, 0.4) is 0 Å². The van der Waals surface area contributed by atoms with Gasteiger partial charge in [-0.1, -0.05) is 6.07 Å². The molecule has 1 fully saturated rings. The average Bonchev–Trinajstić information content (AvgIpc) is 3.47. The largest absolute Gasteiger partial charge is 0.497 e. The summed E-state index contributed by atoms with van der Waals surface area (Å²) in [6, 6.07) is 16.3. The van der Waals surface area contributed by atoms with E-state index in [9.17, 15) is 0 Å². The highest BCUT2D eigenvalue weighted by atomic mass is 32.1. The summed E-state index contributed by atoms with van der Waals surface area (Å²) in [6.45, 7) is 1.99. The molecule has 1 N–H and O–H groups in total. The van der Waals surface area contributed by atoms with Crippen molar-refractivity contribution in [3.63, 3.8) is 0 Å². The molecule has 1 unspecified atom stereocenters. The van der Waals surface area contributed by atoms with Gasteiger partial charge in [-0.2, -0.15) is 0 Å². The molecule has 0 saturated carbocycles. The second-order valence-corrected chi connectivity index (χ2v) is 8.66. The highest BCUT2D eigenvalue weighted by Gasteiger charge is 2.22. The Kier molecular flexibility index (Phi) is 5.44. The molecule has 1 aliphatic rings. The minimum absolute atomic E-state index is 0.185. The van der Waals surface area contributed by atoms with Crippen molar-refractivity contribution in [2.24, 2.45) is 0 Å². The first-order chi connectivity index (χ1) is 15.2. The molecular weight excluding hydrogens is 408 g/mol. The number of thiophene rings is 1. The van der Waals surface area contributed by atoms with Gasteiger partial charge in [0.1, 0.15) is 29.7 Å². The maximum Gasteiger partial charge on any atom is 0.143 e. The van der Waals surface area contributed by atoms with Gasteiger partial charge in [0.05, 0.1) is 18.3 Å². The van der Waals surface area contributed by atoms with Crippen molar-refractivity contribution in [1.29, 1.82) is 0 Å². The summed E-state index contributed by atoms with van der Waals surface area (Å²) in [5.74, 6) is 2.34. The Balaban J connectivity index is 1.53. The third-order valence-corrected chi connectivity index (χ3v) is 6.44. The van der Waals surface area contributed by atoms with Crippen LogP contribution in [0.15, 0.2) is 60.2 Å². The summed E-state index contributed by atoms with van der Waals surface area (Å²) >= 11 is 1.72. The second kappa shape index (κ2) is 8.53. The fourth-order valence-electron chi connectivity index (χ4n) is 3.89. The van der Waals surface area contributed by atoms with Crippen LogP contribution in [0.5, 0.6) is 11.5 Å². The minimum Gasteiger partial charge on any atom is -0.497 e. The third kappa shape index (κ3) is 4.19. The summed E-state index contributed by atoms with van der Waals surface area (Å²) in [5.41, 5.74) is 2.87. The molecule has 0 spiro atoms. The molecule has 1 aliphatic heterocycles. The quantitative estimate of drug-likeness (QED) is 0.452. The molecule has 1 atom stereocenters. The summed E-state index contributed by atoms with van der Waals surface area (Å²) in [7, 11) is 3.78. The number of likely N-dealkylation sites (N-methyl/N-ethyl adjacent to an activating group) is 1. The fourth-order valence-corrected chi connectivity index (χ4v) is 4.61. The number of ether oxygens (including phenoxy) is 2. The van der Waals surface area contributed by atoms with Crippen LogP contribution in [-0.2, 0) is 0 Å². The van der Waals surface area contributed by atoms with Gasteiger partial charge in [-0.25, -0.2) is 9.97 Å². The van der Waals surface area contributed by atoms with Crippen molar-refractivity contribution in [2.45, 2.75) is 12.5 Å². The number of methoxy groups -OCH3 is 1. The molecule has 6 nitrogen and oxygen atoms in total. The van der Waals surface area contributed by atoms with Crippen LogP contribution in [0.4, 0.5) is 11.5 Å². The van der Waals surface area contributed by atoms with Crippen LogP contribution >= 0.6 is 11.3 Å². The first-order valence-corrected chi connectivity index (χ1v) is 11.2. The van der Waals surface area contributed by atoms with E-state index >= 15 is 0 Å². The van der Waals surface area contributed by atoms with Gasteiger partial charge in [-0.15, -0.1) is 11.3 Å². The lowest BCUT2D eigenvalue weighted by atomic mass is 10.1. The number of nitrogens with zero attached hydrogens (tertiary/aromatic N) is 3. The van der Waals surface area contributed by atoms with E-state index in [1.165, 1.54) is 4.88 Å². The van der Waals surface area contributed by atoms with E-state index in [0.717, 1.165) is 59.0 Å². The van der Waals surface area contributed by atoms with Crippen LogP contribution in [0.1, 0.15) is 6.42 Å². The minimum atomic E-state index is 0.185. The smallest absolute Gasteiger partial charge is 0.143 e. The van der Waals surface area contributed by atoms with E-state index in [4.69, 9.17) is 9.47 Å². The zero-order chi connectivity index (χ0) is 21.2. The van der Waals surface area contributed by atoms with Crippen LogP contribution in [-0.4, -0.2) is 48.2 Å².